The number of hydrazone groups is 1. The molecule has 25 heavy (non-hydrogen) atoms. The van der Waals surface area contributed by atoms with Gasteiger partial charge in [-0.25, -0.2) is 5.43 Å². The maximum atomic E-state index is 11.9. The number of nitrogens with one attached hydrogen (secondary N) is 1. The van der Waals surface area contributed by atoms with Gasteiger partial charge in [-0.15, -0.1) is 0 Å². The number of halogens is 3. The fraction of sp³-hybridized carbons (Fsp3) is 0.0625. The SMILES string of the molecule is O=C(COc1c(Br)cc(Br)c2cccnc12)N/N=C/c1ccc(Br)o1. The van der Waals surface area contributed by atoms with Crippen molar-refractivity contribution in [1.29, 1.82) is 0 Å². The quantitative estimate of drug-likeness (QED) is 0.384. The molecular weight excluding hydrogens is 522 g/mol. The van der Waals surface area contributed by atoms with Crippen LogP contribution in [0.5, 0.6) is 5.75 Å². The number of ether oxygens (including phenoxy) is 1. The Bertz CT molecular complexity index is 956. The molecule has 1 N–H and O–H groups in total. The lowest BCUT2D eigenvalue weighted by Crippen LogP contribution is -2.24. The van der Waals surface area contributed by atoms with Crippen molar-refractivity contribution in [3.63, 3.8) is 0 Å². The van der Waals surface area contributed by atoms with E-state index in [9.17, 15) is 4.79 Å². The molecule has 128 valence electrons. The molecule has 0 aliphatic carbocycles. The van der Waals surface area contributed by atoms with Crippen molar-refractivity contribution in [2.45, 2.75) is 0 Å². The summed E-state index contributed by atoms with van der Waals surface area (Å²) >= 11 is 10.1. The lowest BCUT2D eigenvalue weighted by molar-refractivity contribution is -0.123. The summed E-state index contributed by atoms with van der Waals surface area (Å²) in [5, 5.41) is 4.70. The lowest BCUT2D eigenvalue weighted by Gasteiger charge is -2.11. The predicted octanol–water partition coefficient (Wildman–Crippen LogP) is 4.64. The summed E-state index contributed by atoms with van der Waals surface area (Å²) in [5.74, 6) is 0.604. The van der Waals surface area contributed by atoms with E-state index < -0.39 is 5.91 Å². The molecule has 0 aliphatic heterocycles. The number of nitrogens with zero attached hydrogens (tertiary/aromatic N) is 2. The summed E-state index contributed by atoms with van der Waals surface area (Å²) in [6.45, 7) is -0.203. The molecule has 0 atom stereocenters. The molecule has 0 radical (unpaired) electrons. The molecule has 6 nitrogen and oxygen atoms in total. The van der Waals surface area contributed by atoms with Gasteiger partial charge in [-0.05, 0) is 56.1 Å². The Balaban J connectivity index is 1.66. The predicted molar refractivity (Wildman–Crippen MR) is 105 cm³/mol. The Labute approximate surface area is 168 Å². The molecule has 2 aromatic heterocycles. The van der Waals surface area contributed by atoms with Gasteiger partial charge in [0.05, 0.1) is 10.7 Å². The van der Waals surface area contributed by atoms with Crippen LogP contribution in [0.3, 0.4) is 0 Å². The van der Waals surface area contributed by atoms with Crippen LogP contribution in [0.4, 0.5) is 0 Å². The number of furan rings is 1. The third kappa shape index (κ3) is 4.47. The second-order valence-electron chi connectivity index (χ2n) is 4.79. The van der Waals surface area contributed by atoms with Gasteiger partial charge in [0, 0.05) is 16.1 Å². The lowest BCUT2D eigenvalue weighted by atomic mass is 10.2. The first kappa shape index (κ1) is 18.1. The van der Waals surface area contributed by atoms with E-state index in [1.54, 1.807) is 18.3 Å². The number of rotatable bonds is 5. The average Bonchev–Trinajstić information content (AvgIpc) is 3.00. The van der Waals surface area contributed by atoms with Crippen molar-refractivity contribution in [2.24, 2.45) is 5.10 Å². The van der Waals surface area contributed by atoms with Crippen LogP contribution in [-0.4, -0.2) is 23.7 Å². The van der Waals surface area contributed by atoms with Crippen molar-refractivity contribution in [3.8, 4) is 5.75 Å². The normalized spacial score (nSPS) is 11.2. The van der Waals surface area contributed by atoms with E-state index in [0.29, 0.717) is 26.2 Å². The largest absolute Gasteiger partial charge is 0.480 e. The fourth-order valence-electron chi connectivity index (χ4n) is 2.02. The molecular formula is C16H10Br3N3O3. The van der Waals surface area contributed by atoms with Gasteiger partial charge in [-0.2, -0.15) is 5.10 Å². The molecule has 3 aromatic rings. The second-order valence-corrected chi connectivity index (χ2v) is 7.28. The summed E-state index contributed by atoms with van der Waals surface area (Å²) in [6, 6.07) is 9.05. The molecule has 0 spiro atoms. The Hall–Kier alpha value is -1.71. The molecule has 1 aromatic carbocycles. The zero-order chi connectivity index (χ0) is 17.8. The smallest absolute Gasteiger partial charge is 0.277 e. The summed E-state index contributed by atoms with van der Waals surface area (Å²) in [5.41, 5.74) is 3.03. The highest BCUT2D eigenvalue weighted by molar-refractivity contribution is 9.11. The number of aromatic nitrogens is 1. The third-order valence-corrected chi connectivity index (χ3v) is 4.74. The zero-order valence-corrected chi connectivity index (χ0v) is 17.3. The molecule has 0 saturated carbocycles. The molecule has 0 bridgehead atoms. The zero-order valence-electron chi connectivity index (χ0n) is 12.5. The van der Waals surface area contributed by atoms with Gasteiger partial charge in [0.2, 0.25) is 0 Å². The summed E-state index contributed by atoms with van der Waals surface area (Å²) in [4.78, 5) is 16.2. The van der Waals surface area contributed by atoms with E-state index in [1.165, 1.54) is 6.21 Å². The van der Waals surface area contributed by atoms with E-state index >= 15 is 0 Å². The highest BCUT2D eigenvalue weighted by Crippen LogP contribution is 2.37. The van der Waals surface area contributed by atoms with E-state index in [4.69, 9.17) is 9.15 Å². The highest BCUT2D eigenvalue weighted by atomic mass is 79.9. The van der Waals surface area contributed by atoms with Crippen molar-refractivity contribution in [3.05, 3.63) is 55.9 Å². The number of hydrogen-bond donors (Lipinski definition) is 1. The van der Waals surface area contributed by atoms with Gasteiger partial charge >= 0.3 is 0 Å². The van der Waals surface area contributed by atoms with Crippen LogP contribution in [0.15, 0.2) is 59.7 Å². The van der Waals surface area contributed by atoms with Crippen molar-refractivity contribution in [1.82, 2.24) is 10.4 Å². The first-order chi connectivity index (χ1) is 12.0. The minimum atomic E-state index is -0.402. The molecule has 1 amide bonds. The number of pyridine rings is 1. The Kier molecular flexibility index (Phi) is 5.87. The molecule has 0 unspecified atom stereocenters. The highest BCUT2D eigenvalue weighted by Gasteiger charge is 2.13. The number of carbonyl (C=O) groups is 1. The standard InChI is InChI=1S/C16H10Br3N3O3/c17-11-6-12(18)16(15-10(11)2-1-5-20-15)24-8-14(23)22-21-7-9-3-4-13(19)25-9/h1-7H,8H2,(H,22,23)/b21-7+. The number of carbonyl (C=O) groups excluding carboxylic acids is 1. The van der Waals surface area contributed by atoms with Crippen LogP contribution in [0, 0.1) is 0 Å². The monoisotopic (exact) mass is 529 g/mol. The minimum Gasteiger partial charge on any atom is -0.480 e. The number of benzene rings is 1. The maximum Gasteiger partial charge on any atom is 0.277 e. The first-order valence-electron chi connectivity index (χ1n) is 6.97. The van der Waals surface area contributed by atoms with Gasteiger partial charge in [-0.3, -0.25) is 9.78 Å². The third-order valence-electron chi connectivity index (χ3n) is 3.07. The van der Waals surface area contributed by atoms with Crippen molar-refractivity contribution in [2.75, 3.05) is 6.61 Å². The van der Waals surface area contributed by atoms with Crippen LogP contribution >= 0.6 is 47.8 Å². The van der Waals surface area contributed by atoms with E-state index in [1.807, 2.05) is 18.2 Å². The van der Waals surface area contributed by atoms with E-state index in [2.05, 4.69) is 63.3 Å². The maximum absolute atomic E-state index is 11.9. The fourth-order valence-corrected chi connectivity index (χ4v) is 3.73. The molecule has 3 rings (SSSR count). The molecule has 0 fully saturated rings. The minimum absolute atomic E-state index is 0.203. The van der Waals surface area contributed by atoms with Gasteiger partial charge in [0.15, 0.2) is 17.0 Å². The van der Waals surface area contributed by atoms with Gasteiger partial charge < -0.3 is 9.15 Å². The number of fused-ring (bicyclic) bond motifs is 1. The van der Waals surface area contributed by atoms with Crippen LogP contribution in [0.1, 0.15) is 5.76 Å². The number of hydrogen-bond acceptors (Lipinski definition) is 5. The van der Waals surface area contributed by atoms with Crippen molar-refractivity contribution >= 4 is 70.8 Å². The van der Waals surface area contributed by atoms with Crippen molar-refractivity contribution < 1.29 is 13.9 Å². The Morgan fingerprint density at radius 2 is 2.12 bits per heavy atom. The van der Waals surface area contributed by atoms with E-state index in [-0.39, 0.29) is 6.61 Å². The topological polar surface area (TPSA) is 76.7 Å². The second kappa shape index (κ2) is 8.11. The van der Waals surface area contributed by atoms with Gasteiger partial charge in [0.1, 0.15) is 11.3 Å². The average molecular weight is 532 g/mol. The van der Waals surface area contributed by atoms with Crippen LogP contribution in [0.25, 0.3) is 10.9 Å². The van der Waals surface area contributed by atoms with Gasteiger partial charge in [0.25, 0.3) is 5.91 Å². The first-order valence-corrected chi connectivity index (χ1v) is 9.35. The Morgan fingerprint density at radius 1 is 1.28 bits per heavy atom. The molecule has 9 heteroatoms. The number of amides is 1. The summed E-state index contributed by atoms with van der Waals surface area (Å²) < 4.78 is 13.0. The van der Waals surface area contributed by atoms with Crippen LogP contribution in [0.2, 0.25) is 0 Å². The molecule has 2 heterocycles. The Morgan fingerprint density at radius 3 is 2.88 bits per heavy atom. The van der Waals surface area contributed by atoms with Crippen LogP contribution in [-0.2, 0) is 4.79 Å². The van der Waals surface area contributed by atoms with E-state index in [0.717, 1.165) is 9.86 Å². The van der Waals surface area contributed by atoms with Crippen LogP contribution < -0.4 is 10.2 Å². The summed E-state index contributed by atoms with van der Waals surface area (Å²) in [6.07, 6.45) is 3.06. The van der Waals surface area contributed by atoms with Gasteiger partial charge in [-0.1, -0.05) is 22.0 Å². The summed E-state index contributed by atoms with van der Waals surface area (Å²) in [7, 11) is 0. The molecule has 0 saturated heterocycles. The molecule has 0 aliphatic rings.